The zero-order chi connectivity index (χ0) is 16.9. The van der Waals surface area contributed by atoms with Gasteiger partial charge in [-0.2, -0.15) is 0 Å². The minimum absolute atomic E-state index is 0.0293. The zero-order valence-corrected chi connectivity index (χ0v) is 14.7. The van der Waals surface area contributed by atoms with E-state index in [9.17, 15) is 14.7 Å². The van der Waals surface area contributed by atoms with Crippen LogP contribution in [0.3, 0.4) is 0 Å². The quantitative estimate of drug-likeness (QED) is 0.794. The summed E-state index contributed by atoms with van der Waals surface area (Å²) in [5, 5.41) is 10.2. The molecule has 2 unspecified atom stereocenters. The lowest BCUT2D eigenvalue weighted by Gasteiger charge is -2.58. The van der Waals surface area contributed by atoms with Crippen molar-refractivity contribution in [2.45, 2.75) is 90.6 Å². The molecule has 0 bridgehead atoms. The standard InChI is InChI=1S/C17H30N2O3/c1-11-7-8-14(21)18(15(11)22)13-9-16(3,4)19(12(2)20)17(5,6)10-13/h11-13,20H,7-10H2,1-6H3. The summed E-state index contributed by atoms with van der Waals surface area (Å²) in [5.74, 6) is -0.137. The van der Waals surface area contributed by atoms with Gasteiger partial charge in [-0.05, 0) is 53.9 Å². The van der Waals surface area contributed by atoms with Gasteiger partial charge in [0.15, 0.2) is 0 Å². The van der Waals surface area contributed by atoms with Gasteiger partial charge in [0.1, 0.15) is 6.23 Å². The van der Waals surface area contributed by atoms with Crippen molar-refractivity contribution in [3.05, 3.63) is 0 Å². The van der Waals surface area contributed by atoms with Crippen LogP contribution >= 0.6 is 0 Å². The Morgan fingerprint density at radius 1 is 1.14 bits per heavy atom. The maximum atomic E-state index is 12.5. The highest BCUT2D eigenvalue weighted by molar-refractivity contribution is 5.99. The normalized spacial score (nSPS) is 31.4. The van der Waals surface area contributed by atoms with Crippen molar-refractivity contribution < 1.29 is 14.7 Å². The molecule has 2 atom stereocenters. The molecule has 22 heavy (non-hydrogen) atoms. The van der Waals surface area contributed by atoms with Crippen LogP contribution in [0.25, 0.3) is 0 Å². The van der Waals surface area contributed by atoms with E-state index >= 15 is 0 Å². The van der Waals surface area contributed by atoms with Crippen molar-refractivity contribution in [2.75, 3.05) is 0 Å². The molecule has 5 nitrogen and oxygen atoms in total. The molecule has 0 aromatic rings. The summed E-state index contributed by atoms with van der Waals surface area (Å²) < 4.78 is 0. The molecule has 5 heteroatoms. The summed E-state index contributed by atoms with van der Waals surface area (Å²) in [5.41, 5.74) is -0.552. The number of carbonyl (C=O) groups excluding carboxylic acids is 2. The lowest BCUT2D eigenvalue weighted by Crippen LogP contribution is -2.68. The van der Waals surface area contributed by atoms with Gasteiger partial charge in [-0.15, -0.1) is 0 Å². The number of imide groups is 1. The van der Waals surface area contributed by atoms with Gasteiger partial charge in [0.2, 0.25) is 11.8 Å². The smallest absolute Gasteiger partial charge is 0.232 e. The Bertz CT molecular complexity index is 453. The van der Waals surface area contributed by atoms with E-state index in [1.165, 1.54) is 4.90 Å². The van der Waals surface area contributed by atoms with E-state index in [1.807, 2.05) is 6.92 Å². The highest BCUT2D eigenvalue weighted by Crippen LogP contribution is 2.42. The molecule has 2 rings (SSSR count). The van der Waals surface area contributed by atoms with Crippen molar-refractivity contribution in [1.82, 2.24) is 9.80 Å². The molecule has 0 saturated carbocycles. The number of carbonyl (C=O) groups is 2. The molecule has 0 aromatic heterocycles. The molecule has 0 aromatic carbocycles. The number of aliphatic hydroxyl groups is 1. The number of hydrogen-bond acceptors (Lipinski definition) is 4. The molecule has 2 saturated heterocycles. The summed E-state index contributed by atoms with van der Waals surface area (Å²) in [6, 6.07) is -0.0808. The van der Waals surface area contributed by atoms with Gasteiger partial charge in [-0.3, -0.25) is 19.4 Å². The Balaban J connectivity index is 2.31. The van der Waals surface area contributed by atoms with Gasteiger partial charge >= 0.3 is 0 Å². The Labute approximate surface area is 133 Å². The van der Waals surface area contributed by atoms with Crippen LogP contribution in [0.5, 0.6) is 0 Å². The SMILES string of the molecule is CC1CCC(=O)N(C2CC(C)(C)N(C(C)O)C(C)(C)C2)C1=O. The number of piperidine rings is 2. The molecule has 2 fully saturated rings. The number of likely N-dealkylation sites (tertiary alicyclic amines) is 2. The molecule has 0 radical (unpaired) electrons. The number of amides is 2. The molecule has 2 aliphatic rings. The average Bonchev–Trinajstić information content (AvgIpc) is 2.30. The van der Waals surface area contributed by atoms with Gasteiger partial charge in [0, 0.05) is 29.5 Å². The highest BCUT2D eigenvalue weighted by Gasteiger charge is 2.50. The van der Waals surface area contributed by atoms with Gasteiger partial charge in [-0.25, -0.2) is 0 Å². The van der Waals surface area contributed by atoms with Gasteiger partial charge in [0.25, 0.3) is 0 Å². The van der Waals surface area contributed by atoms with E-state index in [2.05, 4.69) is 32.6 Å². The minimum atomic E-state index is -0.558. The second-order valence-corrected chi connectivity index (χ2v) is 8.23. The van der Waals surface area contributed by atoms with Gasteiger partial charge in [-0.1, -0.05) is 6.92 Å². The number of hydrogen-bond donors (Lipinski definition) is 1. The van der Waals surface area contributed by atoms with E-state index in [0.717, 1.165) is 0 Å². The van der Waals surface area contributed by atoms with Crippen molar-refractivity contribution in [2.24, 2.45) is 5.92 Å². The van der Waals surface area contributed by atoms with Crippen molar-refractivity contribution >= 4 is 11.8 Å². The monoisotopic (exact) mass is 310 g/mol. The topological polar surface area (TPSA) is 60.9 Å². The van der Waals surface area contributed by atoms with Crippen molar-refractivity contribution in [3.8, 4) is 0 Å². The van der Waals surface area contributed by atoms with Crippen LogP contribution < -0.4 is 0 Å². The van der Waals surface area contributed by atoms with Crippen molar-refractivity contribution in [3.63, 3.8) is 0 Å². The lowest BCUT2D eigenvalue weighted by atomic mass is 9.75. The first-order chi connectivity index (χ1) is 9.97. The molecule has 2 aliphatic heterocycles. The molecule has 0 aliphatic carbocycles. The number of nitrogens with zero attached hydrogens (tertiary/aromatic N) is 2. The fourth-order valence-corrected chi connectivity index (χ4v) is 4.76. The first-order valence-electron chi connectivity index (χ1n) is 8.31. The second-order valence-electron chi connectivity index (χ2n) is 8.23. The summed E-state index contributed by atoms with van der Waals surface area (Å²) in [4.78, 5) is 28.5. The molecule has 2 amide bonds. The van der Waals surface area contributed by atoms with Crippen LogP contribution in [-0.2, 0) is 9.59 Å². The first kappa shape index (κ1) is 17.4. The maximum absolute atomic E-state index is 12.5. The second kappa shape index (κ2) is 5.60. The Hall–Kier alpha value is -0.940. The Kier molecular flexibility index (Phi) is 4.44. The van der Waals surface area contributed by atoms with Crippen LogP contribution in [-0.4, -0.2) is 50.1 Å². The summed E-state index contributed by atoms with van der Waals surface area (Å²) in [6.45, 7) is 12.0. The van der Waals surface area contributed by atoms with E-state index in [0.29, 0.717) is 25.7 Å². The minimum Gasteiger partial charge on any atom is -0.379 e. The van der Waals surface area contributed by atoms with Crippen molar-refractivity contribution in [1.29, 1.82) is 0 Å². The highest BCUT2D eigenvalue weighted by atomic mass is 16.3. The first-order valence-corrected chi connectivity index (χ1v) is 8.31. The van der Waals surface area contributed by atoms with E-state index < -0.39 is 6.23 Å². The van der Waals surface area contributed by atoms with Crippen LogP contribution in [0.1, 0.15) is 67.2 Å². The van der Waals surface area contributed by atoms with Gasteiger partial charge < -0.3 is 5.11 Å². The summed E-state index contributed by atoms with van der Waals surface area (Å²) in [6.07, 6.45) is 1.96. The van der Waals surface area contributed by atoms with Crippen LogP contribution in [0, 0.1) is 5.92 Å². The molecular weight excluding hydrogens is 280 g/mol. The fraction of sp³-hybridized carbons (Fsp3) is 0.882. The van der Waals surface area contributed by atoms with Crippen LogP contribution in [0.15, 0.2) is 0 Å². The van der Waals surface area contributed by atoms with E-state index in [-0.39, 0.29) is 34.9 Å². The van der Waals surface area contributed by atoms with Gasteiger partial charge in [0.05, 0.1) is 0 Å². The Morgan fingerprint density at radius 2 is 1.64 bits per heavy atom. The average molecular weight is 310 g/mol. The van der Waals surface area contributed by atoms with Crippen LogP contribution in [0.2, 0.25) is 0 Å². The number of aliphatic hydroxyl groups excluding tert-OH is 1. The third kappa shape index (κ3) is 2.93. The van der Waals surface area contributed by atoms with E-state index in [1.54, 1.807) is 6.92 Å². The molecule has 126 valence electrons. The summed E-state index contributed by atoms with van der Waals surface area (Å²) in [7, 11) is 0. The number of rotatable bonds is 2. The summed E-state index contributed by atoms with van der Waals surface area (Å²) >= 11 is 0. The van der Waals surface area contributed by atoms with E-state index in [4.69, 9.17) is 0 Å². The molecule has 2 heterocycles. The maximum Gasteiger partial charge on any atom is 0.232 e. The fourth-order valence-electron chi connectivity index (χ4n) is 4.76. The third-order valence-electron chi connectivity index (χ3n) is 5.23. The predicted octanol–water partition coefficient (Wildman–Crippen LogP) is 2.13. The molecular formula is C17H30N2O3. The predicted molar refractivity (Wildman–Crippen MR) is 85.0 cm³/mol. The zero-order valence-electron chi connectivity index (χ0n) is 14.7. The molecule has 0 spiro atoms. The lowest BCUT2D eigenvalue weighted by molar-refractivity contribution is -0.169. The van der Waals surface area contributed by atoms with Crippen LogP contribution in [0.4, 0.5) is 0 Å². The third-order valence-corrected chi connectivity index (χ3v) is 5.23. The molecule has 1 N–H and O–H groups in total. The largest absolute Gasteiger partial charge is 0.379 e. The Morgan fingerprint density at radius 3 is 2.09 bits per heavy atom.